The van der Waals surface area contributed by atoms with Crippen LogP contribution in [0.3, 0.4) is 0 Å². The van der Waals surface area contributed by atoms with Crippen molar-refractivity contribution in [3.63, 3.8) is 0 Å². The van der Waals surface area contributed by atoms with E-state index in [2.05, 4.69) is 10.3 Å². The van der Waals surface area contributed by atoms with Crippen molar-refractivity contribution in [1.82, 2.24) is 4.98 Å². The Balaban J connectivity index is 1.85. The van der Waals surface area contributed by atoms with Crippen LogP contribution in [0, 0.1) is 10.1 Å². The molecular formula is C16H13ClN4O5. The van der Waals surface area contributed by atoms with Crippen LogP contribution in [0.2, 0.25) is 5.02 Å². The van der Waals surface area contributed by atoms with Crippen molar-refractivity contribution in [3.8, 4) is 5.75 Å². The van der Waals surface area contributed by atoms with Crippen molar-refractivity contribution < 1.29 is 19.2 Å². The molecule has 1 atom stereocenters. The summed E-state index contributed by atoms with van der Waals surface area (Å²) in [6, 6.07) is 8.97. The van der Waals surface area contributed by atoms with Crippen LogP contribution in [0.5, 0.6) is 5.75 Å². The fourth-order valence-corrected chi connectivity index (χ4v) is 2.53. The van der Waals surface area contributed by atoms with Gasteiger partial charge in [0.05, 0.1) is 0 Å². The lowest BCUT2D eigenvalue weighted by Gasteiger charge is -2.28. The van der Waals surface area contributed by atoms with Gasteiger partial charge in [0.15, 0.2) is 11.9 Å². The van der Waals surface area contributed by atoms with Gasteiger partial charge in [0, 0.05) is 16.8 Å². The normalized spacial score (nSPS) is 15.8. The predicted octanol–water partition coefficient (Wildman–Crippen LogP) is 2.40. The van der Waals surface area contributed by atoms with Crippen LogP contribution >= 0.6 is 11.6 Å². The number of pyridine rings is 1. The molecule has 2 amide bonds. The zero-order chi connectivity index (χ0) is 18.8. The number of fused-ring (bicyclic) bond motifs is 1. The zero-order valence-electron chi connectivity index (χ0n) is 13.5. The van der Waals surface area contributed by atoms with Crippen LogP contribution in [0.15, 0.2) is 36.4 Å². The Kier molecular flexibility index (Phi) is 4.72. The van der Waals surface area contributed by atoms with Gasteiger partial charge in [-0.05, 0) is 47.2 Å². The molecule has 0 radical (unpaired) electrons. The molecular weight excluding hydrogens is 364 g/mol. The van der Waals surface area contributed by atoms with Crippen molar-refractivity contribution in [2.24, 2.45) is 0 Å². The van der Waals surface area contributed by atoms with Gasteiger partial charge >= 0.3 is 5.82 Å². The largest absolute Gasteiger partial charge is 0.475 e. The van der Waals surface area contributed by atoms with E-state index in [0.29, 0.717) is 10.7 Å². The lowest BCUT2D eigenvalue weighted by molar-refractivity contribution is -0.389. The maximum atomic E-state index is 12.4. The monoisotopic (exact) mass is 376 g/mol. The van der Waals surface area contributed by atoms with E-state index in [1.165, 1.54) is 19.1 Å². The Labute approximate surface area is 152 Å². The Morgan fingerprint density at radius 3 is 2.69 bits per heavy atom. The van der Waals surface area contributed by atoms with E-state index in [1.54, 1.807) is 24.3 Å². The predicted molar refractivity (Wildman–Crippen MR) is 93.4 cm³/mol. The molecule has 1 aromatic heterocycles. The molecule has 0 aliphatic carbocycles. The molecule has 1 aliphatic rings. The summed E-state index contributed by atoms with van der Waals surface area (Å²) >= 11 is 5.79. The van der Waals surface area contributed by atoms with Crippen LogP contribution in [0.1, 0.15) is 6.92 Å². The molecule has 134 valence electrons. The van der Waals surface area contributed by atoms with Gasteiger partial charge in [0.1, 0.15) is 6.54 Å². The molecule has 1 aromatic carbocycles. The number of hydrogen-bond acceptors (Lipinski definition) is 6. The molecule has 0 saturated heterocycles. The summed E-state index contributed by atoms with van der Waals surface area (Å²) in [5.41, 5.74) is 0.500. The molecule has 26 heavy (non-hydrogen) atoms. The van der Waals surface area contributed by atoms with Crippen molar-refractivity contribution in [2.45, 2.75) is 13.0 Å². The van der Waals surface area contributed by atoms with Crippen molar-refractivity contribution in [2.75, 3.05) is 16.8 Å². The molecule has 9 nitrogen and oxygen atoms in total. The number of nitro groups is 1. The number of amides is 2. The molecule has 0 fully saturated rings. The summed E-state index contributed by atoms with van der Waals surface area (Å²) in [6.07, 6.45) is -0.839. The minimum Gasteiger partial charge on any atom is -0.475 e. The van der Waals surface area contributed by atoms with Crippen molar-refractivity contribution in [3.05, 3.63) is 51.5 Å². The van der Waals surface area contributed by atoms with E-state index >= 15 is 0 Å². The molecule has 0 spiro atoms. The average Bonchev–Trinajstić information content (AvgIpc) is 2.60. The quantitative estimate of drug-likeness (QED) is 0.647. The number of benzene rings is 1. The molecule has 2 heterocycles. The summed E-state index contributed by atoms with van der Waals surface area (Å²) < 4.78 is 5.40. The van der Waals surface area contributed by atoms with Crippen molar-refractivity contribution in [1.29, 1.82) is 0 Å². The van der Waals surface area contributed by atoms with Crippen LogP contribution in [-0.4, -0.2) is 34.4 Å². The third-order valence-corrected chi connectivity index (χ3v) is 3.87. The second-order valence-electron chi connectivity index (χ2n) is 5.49. The minimum atomic E-state index is -0.839. The topological polar surface area (TPSA) is 115 Å². The molecule has 10 heteroatoms. The number of halogens is 1. The van der Waals surface area contributed by atoms with Gasteiger partial charge in [-0.25, -0.2) is 0 Å². The number of rotatable bonds is 4. The number of nitrogens with one attached hydrogen (secondary N) is 1. The SMILES string of the molecule is CC1Oc2ccc([N+](=O)[O-])nc2N(CC(=O)Nc2ccc(Cl)cc2)C1=O. The first kappa shape index (κ1) is 17.6. The summed E-state index contributed by atoms with van der Waals surface area (Å²) in [5, 5.41) is 14.1. The number of anilines is 2. The fourth-order valence-electron chi connectivity index (χ4n) is 2.41. The highest BCUT2D eigenvalue weighted by Crippen LogP contribution is 2.33. The van der Waals surface area contributed by atoms with E-state index in [0.717, 1.165) is 4.90 Å². The smallest absolute Gasteiger partial charge is 0.366 e. The first-order valence-electron chi connectivity index (χ1n) is 7.54. The summed E-state index contributed by atoms with van der Waals surface area (Å²) in [5.74, 6) is -1.32. The van der Waals surface area contributed by atoms with Gasteiger partial charge in [0.25, 0.3) is 11.7 Å². The number of carbonyl (C=O) groups is 2. The van der Waals surface area contributed by atoms with Crippen LogP contribution in [0.25, 0.3) is 0 Å². The second kappa shape index (κ2) is 6.96. The highest BCUT2D eigenvalue weighted by Gasteiger charge is 2.37. The third kappa shape index (κ3) is 3.57. The Morgan fingerprint density at radius 1 is 1.35 bits per heavy atom. The lowest BCUT2D eigenvalue weighted by atomic mass is 10.2. The lowest BCUT2D eigenvalue weighted by Crippen LogP contribution is -2.48. The standard InChI is InChI=1S/C16H13ClN4O5/c1-9-16(23)20(8-14(22)18-11-4-2-10(17)3-5-11)15-12(26-9)6-7-13(19-15)21(24)25/h2-7,9H,8H2,1H3,(H,18,22). The molecule has 0 bridgehead atoms. The number of ether oxygens (including phenoxy) is 1. The van der Waals surface area contributed by atoms with E-state index < -0.39 is 28.7 Å². The third-order valence-electron chi connectivity index (χ3n) is 3.61. The van der Waals surface area contributed by atoms with E-state index in [-0.39, 0.29) is 18.1 Å². The second-order valence-corrected chi connectivity index (χ2v) is 5.92. The van der Waals surface area contributed by atoms with Crippen LogP contribution in [-0.2, 0) is 9.59 Å². The highest BCUT2D eigenvalue weighted by molar-refractivity contribution is 6.30. The highest BCUT2D eigenvalue weighted by atomic mass is 35.5. The number of nitrogens with zero attached hydrogens (tertiary/aromatic N) is 3. The summed E-state index contributed by atoms with van der Waals surface area (Å²) in [4.78, 5) is 39.9. The average molecular weight is 377 g/mol. The van der Waals surface area contributed by atoms with Gasteiger partial charge in [-0.1, -0.05) is 11.6 Å². The van der Waals surface area contributed by atoms with Gasteiger partial charge in [-0.15, -0.1) is 0 Å². The van der Waals surface area contributed by atoms with Crippen molar-refractivity contribution >= 4 is 40.7 Å². The Morgan fingerprint density at radius 2 is 2.04 bits per heavy atom. The number of aromatic nitrogens is 1. The number of hydrogen-bond donors (Lipinski definition) is 1. The maximum Gasteiger partial charge on any atom is 0.366 e. The molecule has 1 aliphatic heterocycles. The maximum absolute atomic E-state index is 12.4. The molecule has 0 saturated carbocycles. The fraction of sp³-hybridized carbons (Fsp3) is 0.188. The summed E-state index contributed by atoms with van der Waals surface area (Å²) in [6.45, 7) is 1.16. The minimum absolute atomic E-state index is 0.0615. The Bertz CT molecular complexity index is 887. The molecule has 2 aromatic rings. The van der Waals surface area contributed by atoms with E-state index in [4.69, 9.17) is 16.3 Å². The van der Waals surface area contributed by atoms with Crippen LogP contribution in [0.4, 0.5) is 17.3 Å². The Hall–Kier alpha value is -3.20. The molecule has 3 rings (SSSR count). The number of carbonyl (C=O) groups excluding carboxylic acids is 2. The van der Waals surface area contributed by atoms with Gasteiger partial charge in [0.2, 0.25) is 5.91 Å². The first-order valence-corrected chi connectivity index (χ1v) is 7.92. The van der Waals surface area contributed by atoms with Crippen LogP contribution < -0.4 is 15.0 Å². The van der Waals surface area contributed by atoms with E-state index in [9.17, 15) is 19.7 Å². The summed E-state index contributed by atoms with van der Waals surface area (Å²) in [7, 11) is 0. The van der Waals surface area contributed by atoms with Gasteiger partial charge < -0.3 is 20.2 Å². The van der Waals surface area contributed by atoms with Gasteiger partial charge in [-0.3, -0.25) is 14.5 Å². The first-order chi connectivity index (χ1) is 12.3. The molecule has 1 N–H and O–H groups in total. The zero-order valence-corrected chi connectivity index (χ0v) is 14.3. The van der Waals surface area contributed by atoms with E-state index in [1.807, 2.05) is 0 Å². The van der Waals surface area contributed by atoms with Gasteiger partial charge in [-0.2, -0.15) is 0 Å². The molecule has 1 unspecified atom stereocenters.